The highest BCUT2D eigenvalue weighted by atomic mass is 32.2. The number of ether oxygens (including phenoxy) is 1. The van der Waals surface area contributed by atoms with Crippen molar-refractivity contribution >= 4 is 33.4 Å². The van der Waals surface area contributed by atoms with Crippen LogP contribution in [-0.4, -0.2) is 60.2 Å². The van der Waals surface area contributed by atoms with Crippen molar-refractivity contribution in [3.8, 4) is 0 Å². The second-order valence-electron chi connectivity index (χ2n) is 6.73. The van der Waals surface area contributed by atoms with Gasteiger partial charge in [-0.25, -0.2) is 13.4 Å². The number of morpholine rings is 1. The first kappa shape index (κ1) is 19.4. The minimum absolute atomic E-state index is 0.154. The zero-order chi connectivity index (χ0) is 19.6. The molecule has 2 aromatic rings. The lowest BCUT2D eigenvalue weighted by Gasteiger charge is -2.26. The maximum atomic E-state index is 12.6. The Balaban J connectivity index is 1.33. The lowest BCUT2D eigenvalue weighted by Crippen LogP contribution is -2.40. The SMILES string of the molecule is O=C(CSc1nccn1C1CC1)Nc1ccc(S(=O)(=O)N2CCOCC2)cc1. The third kappa shape index (κ3) is 4.40. The maximum Gasteiger partial charge on any atom is 0.243 e. The summed E-state index contributed by atoms with van der Waals surface area (Å²) < 4.78 is 34.0. The van der Waals surface area contributed by atoms with Crippen LogP contribution in [0.3, 0.4) is 0 Å². The van der Waals surface area contributed by atoms with Gasteiger partial charge in [0.25, 0.3) is 0 Å². The number of aromatic nitrogens is 2. The number of carbonyl (C=O) groups is 1. The van der Waals surface area contributed by atoms with Gasteiger partial charge in [0.1, 0.15) is 0 Å². The number of thioether (sulfide) groups is 1. The summed E-state index contributed by atoms with van der Waals surface area (Å²) in [7, 11) is -3.53. The average molecular weight is 423 g/mol. The van der Waals surface area contributed by atoms with Crippen LogP contribution in [0.15, 0.2) is 46.7 Å². The minimum Gasteiger partial charge on any atom is -0.379 e. The van der Waals surface area contributed by atoms with E-state index in [4.69, 9.17) is 4.74 Å². The van der Waals surface area contributed by atoms with Crippen molar-refractivity contribution in [2.75, 3.05) is 37.4 Å². The molecule has 1 saturated heterocycles. The Morgan fingerprint density at radius 3 is 2.61 bits per heavy atom. The molecule has 8 nitrogen and oxygen atoms in total. The molecule has 1 aliphatic heterocycles. The molecule has 1 N–H and O–H groups in total. The molecule has 28 heavy (non-hydrogen) atoms. The zero-order valence-electron chi connectivity index (χ0n) is 15.3. The number of imidazole rings is 1. The highest BCUT2D eigenvalue weighted by molar-refractivity contribution is 7.99. The molecular formula is C18H22N4O4S2. The first-order valence-electron chi connectivity index (χ1n) is 9.17. The number of amides is 1. The summed E-state index contributed by atoms with van der Waals surface area (Å²) in [6.07, 6.45) is 6.03. The molecule has 2 heterocycles. The van der Waals surface area contributed by atoms with Crippen molar-refractivity contribution in [3.63, 3.8) is 0 Å². The monoisotopic (exact) mass is 422 g/mol. The van der Waals surface area contributed by atoms with Gasteiger partial charge >= 0.3 is 0 Å². The van der Waals surface area contributed by atoms with Crippen molar-refractivity contribution in [1.29, 1.82) is 0 Å². The van der Waals surface area contributed by atoms with E-state index in [0.717, 1.165) is 18.0 Å². The van der Waals surface area contributed by atoms with E-state index in [0.29, 0.717) is 38.0 Å². The van der Waals surface area contributed by atoms with E-state index < -0.39 is 10.0 Å². The number of rotatable bonds is 7. The number of hydrogen-bond donors (Lipinski definition) is 1. The van der Waals surface area contributed by atoms with Crippen LogP contribution < -0.4 is 5.32 Å². The third-order valence-electron chi connectivity index (χ3n) is 4.65. The van der Waals surface area contributed by atoms with Crippen molar-refractivity contribution in [1.82, 2.24) is 13.9 Å². The first-order chi connectivity index (χ1) is 13.5. The van der Waals surface area contributed by atoms with Gasteiger partial charge in [0, 0.05) is 37.2 Å². The molecule has 4 rings (SSSR count). The molecule has 2 aliphatic rings. The van der Waals surface area contributed by atoms with Crippen LogP contribution in [0.4, 0.5) is 5.69 Å². The largest absolute Gasteiger partial charge is 0.379 e. The highest BCUT2D eigenvalue weighted by Gasteiger charge is 2.27. The van der Waals surface area contributed by atoms with Gasteiger partial charge in [-0.2, -0.15) is 4.31 Å². The summed E-state index contributed by atoms with van der Waals surface area (Å²) in [5, 5.41) is 3.65. The number of sulfonamides is 1. The molecule has 0 spiro atoms. The van der Waals surface area contributed by atoms with Crippen LogP contribution in [0.25, 0.3) is 0 Å². The van der Waals surface area contributed by atoms with Crippen LogP contribution in [-0.2, 0) is 19.6 Å². The molecule has 0 atom stereocenters. The predicted molar refractivity (Wildman–Crippen MR) is 106 cm³/mol. The third-order valence-corrected chi connectivity index (χ3v) is 7.55. The molecule has 0 bridgehead atoms. The summed E-state index contributed by atoms with van der Waals surface area (Å²) in [5.41, 5.74) is 0.567. The maximum absolute atomic E-state index is 12.6. The highest BCUT2D eigenvalue weighted by Crippen LogP contribution is 2.37. The number of hydrogen-bond acceptors (Lipinski definition) is 6. The Morgan fingerprint density at radius 1 is 1.21 bits per heavy atom. The van der Waals surface area contributed by atoms with Crippen LogP contribution in [0.5, 0.6) is 0 Å². The molecule has 0 radical (unpaired) electrons. The average Bonchev–Trinajstić information content (AvgIpc) is 3.45. The number of anilines is 1. The molecule has 1 aromatic heterocycles. The molecule has 2 fully saturated rings. The normalized spacial score (nSPS) is 18.1. The van der Waals surface area contributed by atoms with E-state index in [1.54, 1.807) is 18.3 Å². The summed E-state index contributed by atoms with van der Waals surface area (Å²) in [4.78, 5) is 16.7. The fourth-order valence-corrected chi connectivity index (χ4v) is 5.25. The van der Waals surface area contributed by atoms with Gasteiger partial charge in [-0.05, 0) is 37.1 Å². The molecular weight excluding hydrogens is 400 g/mol. The second-order valence-corrected chi connectivity index (χ2v) is 9.61. The molecule has 10 heteroatoms. The van der Waals surface area contributed by atoms with E-state index in [2.05, 4.69) is 14.9 Å². The fraction of sp³-hybridized carbons (Fsp3) is 0.444. The standard InChI is InChI=1S/C18H22N4O4S2/c23-17(13-27-18-19-7-8-22(18)15-3-4-15)20-14-1-5-16(6-2-14)28(24,25)21-9-11-26-12-10-21/h1-2,5-8,15H,3-4,9-13H2,(H,20,23). The molecule has 1 amide bonds. The van der Waals surface area contributed by atoms with Crippen LogP contribution in [0.1, 0.15) is 18.9 Å². The Hall–Kier alpha value is -1.88. The fourth-order valence-electron chi connectivity index (χ4n) is 3.02. The zero-order valence-corrected chi connectivity index (χ0v) is 16.9. The number of benzene rings is 1. The number of carbonyl (C=O) groups excluding carboxylic acids is 1. The number of nitrogens with one attached hydrogen (secondary N) is 1. The topological polar surface area (TPSA) is 93.5 Å². The second kappa shape index (κ2) is 8.24. The number of nitrogens with zero attached hydrogens (tertiary/aromatic N) is 3. The Labute approximate surface area is 168 Å². The van der Waals surface area contributed by atoms with Gasteiger partial charge in [-0.3, -0.25) is 4.79 Å². The smallest absolute Gasteiger partial charge is 0.243 e. The predicted octanol–water partition coefficient (Wildman–Crippen LogP) is 1.97. The first-order valence-corrected chi connectivity index (χ1v) is 11.6. The van der Waals surface area contributed by atoms with Gasteiger partial charge in [0.2, 0.25) is 15.9 Å². The Kier molecular flexibility index (Phi) is 5.72. The van der Waals surface area contributed by atoms with E-state index in [-0.39, 0.29) is 16.6 Å². The van der Waals surface area contributed by atoms with Gasteiger partial charge in [-0.1, -0.05) is 11.8 Å². The van der Waals surface area contributed by atoms with Crippen molar-refractivity contribution in [3.05, 3.63) is 36.7 Å². The minimum atomic E-state index is -3.53. The Morgan fingerprint density at radius 2 is 1.93 bits per heavy atom. The van der Waals surface area contributed by atoms with Gasteiger partial charge < -0.3 is 14.6 Å². The van der Waals surface area contributed by atoms with Crippen LogP contribution in [0.2, 0.25) is 0 Å². The van der Waals surface area contributed by atoms with E-state index >= 15 is 0 Å². The van der Waals surface area contributed by atoms with Crippen molar-refractivity contribution < 1.29 is 17.9 Å². The molecule has 150 valence electrons. The molecule has 0 unspecified atom stereocenters. The van der Waals surface area contributed by atoms with Crippen LogP contribution in [0, 0.1) is 0 Å². The summed E-state index contributed by atoms with van der Waals surface area (Å²) in [6.45, 7) is 1.53. The van der Waals surface area contributed by atoms with Gasteiger partial charge in [-0.15, -0.1) is 0 Å². The molecule has 1 aliphatic carbocycles. The molecule has 1 aromatic carbocycles. The lowest BCUT2D eigenvalue weighted by atomic mass is 10.3. The lowest BCUT2D eigenvalue weighted by molar-refractivity contribution is -0.113. The van der Waals surface area contributed by atoms with E-state index in [1.807, 2.05) is 6.20 Å². The van der Waals surface area contributed by atoms with Crippen molar-refractivity contribution in [2.45, 2.75) is 28.9 Å². The summed E-state index contributed by atoms with van der Waals surface area (Å²) in [6, 6.07) is 6.79. The Bertz CT molecular complexity index is 933. The summed E-state index contributed by atoms with van der Waals surface area (Å²) >= 11 is 1.40. The van der Waals surface area contributed by atoms with Gasteiger partial charge in [0.05, 0.1) is 23.9 Å². The van der Waals surface area contributed by atoms with Crippen molar-refractivity contribution in [2.24, 2.45) is 0 Å². The molecule has 1 saturated carbocycles. The van der Waals surface area contributed by atoms with E-state index in [1.165, 1.54) is 28.2 Å². The van der Waals surface area contributed by atoms with E-state index in [9.17, 15) is 13.2 Å². The van der Waals surface area contributed by atoms with Crippen LogP contribution >= 0.6 is 11.8 Å². The summed E-state index contributed by atoms with van der Waals surface area (Å²) in [5.74, 6) is 0.0940. The van der Waals surface area contributed by atoms with Gasteiger partial charge in [0.15, 0.2) is 5.16 Å². The quantitative estimate of drug-likeness (QED) is 0.686.